The number of hydrogen-bond acceptors (Lipinski definition) is 1. The first-order valence-electron chi connectivity index (χ1n) is 6.71. The largest absolute Gasteiger partial charge is 0.372 e. The second-order valence-electron chi connectivity index (χ2n) is 5.00. The van der Waals surface area contributed by atoms with Gasteiger partial charge >= 0.3 is 0 Å². The molecule has 1 saturated heterocycles. The van der Waals surface area contributed by atoms with Gasteiger partial charge in [-0.25, -0.2) is 0 Å². The Morgan fingerprint density at radius 3 is 2.29 bits per heavy atom. The summed E-state index contributed by atoms with van der Waals surface area (Å²) in [6, 6.07) is 6.70. The van der Waals surface area contributed by atoms with E-state index in [2.05, 4.69) is 30.0 Å². The molecule has 0 amide bonds. The van der Waals surface area contributed by atoms with Gasteiger partial charge in [0.1, 0.15) is 0 Å². The van der Waals surface area contributed by atoms with Crippen molar-refractivity contribution in [2.24, 2.45) is 0 Å². The number of benzene rings is 1. The van der Waals surface area contributed by atoms with Crippen molar-refractivity contribution in [3.8, 4) is 0 Å². The molecule has 1 heterocycles. The van der Waals surface area contributed by atoms with Crippen LogP contribution in [0.2, 0.25) is 0 Å². The van der Waals surface area contributed by atoms with Crippen LogP contribution in [0.4, 0.5) is 5.69 Å². The van der Waals surface area contributed by atoms with E-state index < -0.39 is 0 Å². The van der Waals surface area contributed by atoms with Crippen molar-refractivity contribution >= 4 is 17.3 Å². The molecule has 1 nitrogen and oxygen atoms in total. The van der Waals surface area contributed by atoms with E-state index in [0.717, 1.165) is 0 Å². The second-order valence-corrected chi connectivity index (χ2v) is 5.27. The maximum Gasteiger partial charge on any atom is 0.0476 e. The summed E-state index contributed by atoms with van der Waals surface area (Å²) in [6.45, 7) is 4.57. The van der Waals surface area contributed by atoms with Crippen LogP contribution >= 0.6 is 11.6 Å². The van der Waals surface area contributed by atoms with Gasteiger partial charge in [-0.2, -0.15) is 0 Å². The average Bonchev–Trinajstić information content (AvgIpc) is 2.28. The van der Waals surface area contributed by atoms with Crippen molar-refractivity contribution in [1.29, 1.82) is 0 Å². The highest BCUT2D eigenvalue weighted by atomic mass is 35.5. The van der Waals surface area contributed by atoms with E-state index in [1.54, 1.807) is 0 Å². The van der Waals surface area contributed by atoms with Crippen molar-refractivity contribution in [3.63, 3.8) is 0 Å². The molecule has 0 spiro atoms. The molecule has 0 unspecified atom stereocenters. The molecule has 94 valence electrons. The zero-order valence-electron chi connectivity index (χ0n) is 10.7. The number of rotatable bonds is 2. The highest BCUT2D eigenvalue weighted by Gasteiger charge is 2.09. The first-order valence-corrected chi connectivity index (χ1v) is 7.25. The van der Waals surface area contributed by atoms with Crippen molar-refractivity contribution < 1.29 is 0 Å². The Morgan fingerprint density at radius 2 is 1.71 bits per heavy atom. The monoisotopic (exact) mass is 251 g/mol. The molecule has 0 aliphatic carbocycles. The van der Waals surface area contributed by atoms with E-state index in [9.17, 15) is 0 Å². The lowest BCUT2D eigenvalue weighted by atomic mass is 10.1. The maximum atomic E-state index is 5.90. The van der Waals surface area contributed by atoms with Gasteiger partial charge in [-0.05, 0) is 43.0 Å². The van der Waals surface area contributed by atoms with Gasteiger partial charge in [-0.15, -0.1) is 11.6 Å². The van der Waals surface area contributed by atoms with Crippen LogP contribution in [-0.4, -0.2) is 13.1 Å². The van der Waals surface area contributed by atoms with Gasteiger partial charge in [0.2, 0.25) is 0 Å². The lowest BCUT2D eigenvalue weighted by Gasteiger charge is -2.27. The van der Waals surface area contributed by atoms with Crippen molar-refractivity contribution in [1.82, 2.24) is 0 Å². The quantitative estimate of drug-likeness (QED) is 0.700. The van der Waals surface area contributed by atoms with E-state index in [0.29, 0.717) is 5.88 Å². The highest BCUT2D eigenvalue weighted by Crippen LogP contribution is 2.23. The molecular weight excluding hydrogens is 230 g/mol. The Kier molecular flexibility index (Phi) is 4.73. The van der Waals surface area contributed by atoms with Crippen molar-refractivity contribution in [2.45, 2.75) is 44.9 Å². The third-order valence-corrected chi connectivity index (χ3v) is 3.98. The fraction of sp³-hybridized carbons (Fsp3) is 0.600. The summed E-state index contributed by atoms with van der Waals surface area (Å²) < 4.78 is 0. The molecule has 0 atom stereocenters. The lowest BCUT2D eigenvalue weighted by molar-refractivity contribution is 0.556. The van der Waals surface area contributed by atoms with Crippen LogP contribution in [-0.2, 0) is 5.88 Å². The fourth-order valence-corrected chi connectivity index (χ4v) is 2.83. The fourth-order valence-electron chi connectivity index (χ4n) is 2.53. The third-order valence-electron chi connectivity index (χ3n) is 3.69. The maximum absolute atomic E-state index is 5.90. The normalized spacial score (nSPS) is 17.6. The molecule has 0 radical (unpaired) electrons. The van der Waals surface area contributed by atoms with E-state index in [1.165, 1.54) is 62.0 Å². The van der Waals surface area contributed by atoms with Crippen LogP contribution in [0, 0.1) is 6.92 Å². The summed E-state index contributed by atoms with van der Waals surface area (Å²) in [6.07, 6.45) is 6.84. The second kappa shape index (κ2) is 6.30. The molecule has 2 rings (SSSR count). The van der Waals surface area contributed by atoms with Gasteiger partial charge in [0.25, 0.3) is 0 Å². The molecule has 1 aliphatic heterocycles. The Bertz CT molecular complexity index is 354. The number of nitrogens with zero attached hydrogens (tertiary/aromatic N) is 1. The van der Waals surface area contributed by atoms with Gasteiger partial charge in [0.15, 0.2) is 0 Å². The van der Waals surface area contributed by atoms with E-state index in [1.807, 2.05) is 0 Å². The van der Waals surface area contributed by atoms with Crippen LogP contribution in [0.1, 0.15) is 43.2 Å². The molecule has 0 bridgehead atoms. The molecule has 0 saturated carbocycles. The average molecular weight is 252 g/mol. The van der Waals surface area contributed by atoms with E-state index >= 15 is 0 Å². The summed E-state index contributed by atoms with van der Waals surface area (Å²) in [4.78, 5) is 2.53. The number of anilines is 1. The molecule has 17 heavy (non-hydrogen) atoms. The summed E-state index contributed by atoms with van der Waals surface area (Å²) >= 11 is 5.90. The van der Waals surface area contributed by atoms with Crippen molar-refractivity contribution in [3.05, 3.63) is 29.3 Å². The van der Waals surface area contributed by atoms with Gasteiger partial charge in [0, 0.05) is 24.7 Å². The van der Waals surface area contributed by atoms with Gasteiger partial charge < -0.3 is 4.90 Å². The highest BCUT2D eigenvalue weighted by molar-refractivity contribution is 6.17. The summed E-state index contributed by atoms with van der Waals surface area (Å²) in [5, 5.41) is 0. The molecule has 1 fully saturated rings. The smallest absolute Gasteiger partial charge is 0.0476 e. The molecule has 1 aromatic rings. The molecule has 0 N–H and O–H groups in total. The molecule has 1 aromatic carbocycles. The van der Waals surface area contributed by atoms with E-state index in [-0.39, 0.29) is 0 Å². The lowest BCUT2D eigenvalue weighted by Crippen LogP contribution is -2.27. The SMILES string of the molecule is Cc1cc(N2CCCCCCC2)ccc1CCl. The third kappa shape index (κ3) is 3.38. The minimum absolute atomic E-state index is 0.617. The van der Waals surface area contributed by atoms with Crippen LogP contribution < -0.4 is 4.90 Å². The van der Waals surface area contributed by atoms with Gasteiger partial charge in [-0.1, -0.05) is 25.3 Å². The first kappa shape index (κ1) is 12.8. The Labute approximate surface area is 110 Å². The minimum Gasteiger partial charge on any atom is -0.372 e. The number of hydrogen-bond donors (Lipinski definition) is 0. The topological polar surface area (TPSA) is 3.24 Å². The first-order chi connectivity index (χ1) is 8.31. The van der Waals surface area contributed by atoms with Crippen LogP contribution in [0.25, 0.3) is 0 Å². The Morgan fingerprint density at radius 1 is 1.06 bits per heavy atom. The Hall–Kier alpha value is -0.690. The number of alkyl halides is 1. The predicted octanol–water partition coefficient (Wildman–Crippen LogP) is 4.50. The molecule has 0 aromatic heterocycles. The summed E-state index contributed by atoms with van der Waals surface area (Å²) in [5.74, 6) is 0.617. The molecule has 1 aliphatic rings. The van der Waals surface area contributed by atoms with Crippen LogP contribution in [0.3, 0.4) is 0 Å². The molecule has 2 heteroatoms. The summed E-state index contributed by atoms with van der Waals surface area (Å²) in [7, 11) is 0. The van der Waals surface area contributed by atoms with Gasteiger partial charge in [-0.3, -0.25) is 0 Å². The Balaban J connectivity index is 2.11. The number of aryl methyl sites for hydroxylation is 1. The summed E-state index contributed by atoms with van der Waals surface area (Å²) in [5.41, 5.74) is 3.94. The molecular formula is C15H22ClN. The zero-order valence-corrected chi connectivity index (χ0v) is 11.5. The number of halogens is 1. The van der Waals surface area contributed by atoms with E-state index in [4.69, 9.17) is 11.6 Å². The standard InChI is InChI=1S/C15H22ClN/c1-13-11-15(8-7-14(13)12-16)17-9-5-3-2-4-6-10-17/h7-8,11H,2-6,9-10,12H2,1H3. The van der Waals surface area contributed by atoms with Crippen LogP contribution in [0.5, 0.6) is 0 Å². The predicted molar refractivity (Wildman–Crippen MR) is 76.0 cm³/mol. The van der Waals surface area contributed by atoms with Crippen LogP contribution in [0.15, 0.2) is 18.2 Å². The minimum atomic E-state index is 0.617. The zero-order chi connectivity index (χ0) is 12.1. The van der Waals surface area contributed by atoms with Crippen molar-refractivity contribution in [2.75, 3.05) is 18.0 Å². The van der Waals surface area contributed by atoms with Gasteiger partial charge in [0.05, 0.1) is 0 Å².